The van der Waals surface area contributed by atoms with E-state index < -0.39 is 0 Å². The second-order valence-electron chi connectivity index (χ2n) is 6.19. The molecule has 0 aromatic heterocycles. The van der Waals surface area contributed by atoms with Crippen molar-refractivity contribution in [2.75, 3.05) is 14.2 Å². The summed E-state index contributed by atoms with van der Waals surface area (Å²) in [5.74, 6) is 2.04. The molecule has 0 N–H and O–H groups in total. The number of methoxy groups -OCH3 is 2. The van der Waals surface area contributed by atoms with Crippen molar-refractivity contribution in [3.63, 3.8) is 0 Å². The van der Waals surface area contributed by atoms with Crippen LogP contribution in [0.15, 0.2) is 42.5 Å². The second-order valence-corrected chi connectivity index (χ2v) is 6.19. The maximum atomic E-state index is 12.8. The molecule has 2 atom stereocenters. The Morgan fingerprint density at radius 1 is 1.05 bits per heavy atom. The molecule has 22 heavy (non-hydrogen) atoms. The zero-order valence-corrected chi connectivity index (χ0v) is 12.8. The van der Waals surface area contributed by atoms with Crippen LogP contribution in [0.2, 0.25) is 0 Å². The van der Waals surface area contributed by atoms with E-state index in [1.807, 2.05) is 30.3 Å². The lowest BCUT2D eigenvalue weighted by Crippen LogP contribution is -2.12. The largest absolute Gasteiger partial charge is 0.493 e. The first-order chi connectivity index (χ1) is 10.7. The van der Waals surface area contributed by atoms with Gasteiger partial charge in [0.15, 0.2) is 17.3 Å². The molecule has 2 aliphatic rings. The van der Waals surface area contributed by atoms with E-state index >= 15 is 0 Å². The molecule has 1 fully saturated rings. The van der Waals surface area contributed by atoms with Crippen LogP contribution in [-0.2, 0) is 6.42 Å². The van der Waals surface area contributed by atoms with Crippen LogP contribution in [0.3, 0.4) is 0 Å². The van der Waals surface area contributed by atoms with Crippen LogP contribution in [0, 0.1) is 5.41 Å². The Morgan fingerprint density at radius 3 is 2.55 bits per heavy atom. The first-order valence-corrected chi connectivity index (χ1v) is 7.54. The van der Waals surface area contributed by atoms with E-state index in [2.05, 4.69) is 12.1 Å². The highest BCUT2D eigenvalue weighted by atomic mass is 16.5. The maximum absolute atomic E-state index is 12.8. The van der Waals surface area contributed by atoms with Gasteiger partial charge in [-0.2, -0.15) is 0 Å². The Hall–Kier alpha value is -2.29. The van der Waals surface area contributed by atoms with E-state index in [1.165, 1.54) is 11.1 Å². The summed E-state index contributed by atoms with van der Waals surface area (Å²) in [6.45, 7) is 0. The highest BCUT2D eigenvalue weighted by molar-refractivity contribution is 6.07. The number of rotatable bonds is 3. The number of Topliss-reactive ketones (excluding diaryl/α,β-unsaturated/α-hetero) is 1. The molecule has 0 amide bonds. The molecule has 4 rings (SSSR count). The van der Waals surface area contributed by atoms with E-state index in [0.29, 0.717) is 5.78 Å². The van der Waals surface area contributed by atoms with Gasteiger partial charge in [0.1, 0.15) is 0 Å². The molecule has 2 aromatic carbocycles. The van der Waals surface area contributed by atoms with Gasteiger partial charge in [-0.3, -0.25) is 4.79 Å². The van der Waals surface area contributed by atoms with Crippen molar-refractivity contribution in [3.05, 3.63) is 59.2 Å². The maximum Gasteiger partial charge on any atom is 0.170 e. The minimum Gasteiger partial charge on any atom is -0.493 e. The van der Waals surface area contributed by atoms with Crippen molar-refractivity contribution in [2.45, 2.75) is 18.8 Å². The summed E-state index contributed by atoms with van der Waals surface area (Å²) in [5.41, 5.74) is 3.04. The monoisotopic (exact) mass is 294 g/mol. The number of carbonyl (C=O) groups excluding carboxylic acids is 1. The number of ether oxygens (including phenoxy) is 2. The van der Waals surface area contributed by atoms with Crippen LogP contribution in [0.5, 0.6) is 11.5 Å². The van der Waals surface area contributed by atoms with Gasteiger partial charge in [0, 0.05) is 11.0 Å². The van der Waals surface area contributed by atoms with E-state index in [0.717, 1.165) is 29.9 Å². The smallest absolute Gasteiger partial charge is 0.170 e. The fraction of sp³-hybridized carbons (Fsp3) is 0.316. The number of carbonyl (C=O) groups is 1. The van der Waals surface area contributed by atoms with Crippen LogP contribution < -0.4 is 9.47 Å². The number of fused-ring (bicyclic) bond motifs is 1. The number of benzene rings is 2. The highest BCUT2D eigenvalue weighted by Crippen LogP contribution is 2.65. The zero-order chi connectivity index (χ0) is 15.3. The molecule has 1 spiro atoms. The molecule has 0 unspecified atom stereocenters. The van der Waals surface area contributed by atoms with Gasteiger partial charge in [0.05, 0.1) is 14.2 Å². The molecule has 2 aromatic rings. The molecule has 3 heteroatoms. The number of ketones is 1. The first-order valence-electron chi connectivity index (χ1n) is 7.54. The van der Waals surface area contributed by atoms with Crippen molar-refractivity contribution in [1.82, 2.24) is 0 Å². The Morgan fingerprint density at radius 2 is 1.82 bits per heavy atom. The van der Waals surface area contributed by atoms with E-state index in [1.54, 1.807) is 14.2 Å². The van der Waals surface area contributed by atoms with Crippen LogP contribution in [0.25, 0.3) is 0 Å². The van der Waals surface area contributed by atoms with Gasteiger partial charge in [0.25, 0.3) is 0 Å². The van der Waals surface area contributed by atoms with Crippen LogP contribution in [0.1, 0.15) is 33.8 Å². The predicted octanol–water partition coefficient (Wildman–Crippen LogP) is 3.62. The number of hydrogen-bond acceptors (Lipinski definition) is 3. The molecule has 0 radical (unpaired) electrons. The predicted molar refractivity (Wildman–Crippen MR) is 83.8 cm³/mol. The quantitative estimate of drug-likeness (QED) is 0.867. The highest BCUT2D eigenvalue weighted by Gasteiger charge is 2.63. The Kier molecular flexibility index (Phi) is 2.80. The van der Waals surface area contributed by atoms with E-state index in [-0.39, 0.29) is 11.3 Å². The summed E-state index contributed by atoms with van der Waals surface area (Å²) in [7, 11) is 3.27. The lowest BCUT2D eigenvalue weighted by Gasteiger charge is -2.11. The fourth-order valence-corrected chi connectivity index (χ4v) is 3.84. The third-order valence-electron chi connectivity index (χ3n) is 5.11. The summed E-state index contributed by atoms with van der Waals surface area (Å²) in [6.07, 6.45) is 1.79. The molecular formula is C19H18O3. The molecule has 0 aliphatic heterocycles. The Bertz CT molecular complexity index is 765. The third-order valence-corrected chi connectivity index (χ3v) is 5.11. The molecule has 3 nitrogen and oxygen atoms in total. The molecule has 0 heterocycles. The Balaban J connectivity index is 1.67. The summed E-state index contributed by atoms with van der Waals surface area (Å²) in [6, 6.07) is 14.0. The lowest BCUT2D eigenvalue weighted by molar-refractivity contribution is 0.0914. The average molecular weight is 294 g/mol. The molecule has 1 saturated carbocycles. The Labute approximate surface area is 129 Å². The molecule has 2 aliphatic carbocycles. The van der Waals surface area contributed by atoms with Gasteiger partial charge in [0.2, 0.25) is 0 Å². The standard InChI is InChI=1S/C19H18O3/c1-21-16-8-7-12(9-17(16)22-2)15-11-19(15)10-13-5-3-4-6-14(13)18(19)20/h3-9,15H,10-11H2,1-2H3/t15-,19+/m0/s1. The van der Waals surface area contributed by atoms with Gasteiger partial charge < -0.3 is 9.47 Å². The summed E-state index contributed by atoms with van der Waals surface area (Å²) >= 11 is 0. The molecular weight excluding hydrogens is 276 g/mol. The summed E-state index contributed by atoms with van der Waals surface area (Å²) in [4.78, 5) is 12.8. The number of hydrogen-bond donors (Lipinski definition) is 0. The van der Waals surface area contributed by atoms with Gasteiger partial charge in [-0.05, 0) is 42.0 Å². The van der Waals surface area contributed by atoms with Crippen molar-refractivity contribution < 1.29 is 14.3 Å². The SMILES string of the molecule is COc1ccc([C@@H]2C[C@]23Cc2ccccc2C3=O)cc1OC. The normalized spacial score (nSPS) is 25.2. The van der Waals surface area contributed by atoms with Crippen molar-refractivity contribution in [3.8, 4) is 11.5 Å². The fourth-order valence-electron chi connectivity index (χ4n) is 3.84. The second kappa shape index (κ2) is 4.60. The van der Waals surface area contributed by atoms with Crippen molar-refractivity contribution in [1.29, 1.82) is 0 Å². The molecule has 0 saturated heterocycles. The van der Waals surface area contributed by atoms with Crippen LogP contribution in [0.4, 0.5) is 0 Å². The average Bonchev–Trinajstić information content (AvgIpc) is 3.21. The van der Waals surface area contributed by atoms with Gasteiger partial charge in [-0.25, -0.2) is 0 Å². The zero-order valence-electron chi connectivity index (χ0n) is 12.8. The van der Waals surface area contributed by atoms with Gasteiger partial charge >= 0.3 is 0 Å². The minimum absolute atomic E-state index is 0.219. The van der Waals surface area contributed by atoms with Crippen LogP contribution >= 0.6 is 0 Å². The van der Waals surface area contributed by atoms with Crippen LogP contribution in [-0.4, -0.2) is 20.0 Å². The van der Waals surface area contributed by atoms with Crippen molar-refractivity contribution >= 4 is 5.78 Å². The van der Waals surface area contributed by atoms with E-state index in [9.17, 15) is 4.79 Å². The van der Waals surface area contributed by atoms with Crippen molar-refractivity contribution in [2.24, 2.45) is 5.41 Å². The van der Waals surface area contributed by atoms with Gasteiger partial charge in [-0.15, -0.1) is 0 Å². The van der Waals surface area contributed by atoms with Gasteiger partial charge in [-0.1, -0.05) is 30.3 Å². The lowest BCUT2D eigenvalue weighted by atomic mass is 9.94. The minimum atomic E-state index is -0.219. The third kappa shape index (κ3) is 1.71. The topological polar surface area (TPSA) is 35.5 Å². The summed E-state index contributed by atoms with van der Waals surface area (Å²) in [5, 5.41) is 0. The molecule has 0 bridgehead atoms. The molecule has 112 valence electrons. The first kappa shape index (κ1) is 13.4. The summed E-state index contributed by atoms with van der Waals surface area (Å²) < 4.78 is 10.7. The van der Waals surface area contributed by atoms with E-state index in [4.69, 9.17) is 9.47 Å².